The normalized spacial score (nSPS) is 18.6. The second-order valence-corrected chi connectivity index (χ2v) is 6.80. The Morgan fingerprint density at radius 2 is 2.00 bits per heavy atom. The van der Waals surface area contributed by atoms with Crippen LogP contribution in [-0.2, 0) is 6.54 Å². The number of hydrogen-bond donors (Lipinski definition) is 2. The van der Waals surface area contributed by atoms with E-state index in [4.69, 9.17) is 4.99 Å². The minimum Gasteiger partial charge on any atom is -0.357 e. The van der Waals surface area contributed by atoms with Crippen molar-refractivity contribution in [1.29, 1.82) is 0 Å². The van der Waals surface area contributed by atoms with Crippen molar-refractivity contribution in [3.05, 3.63) is 23.9 Å². The van der Waals surface area contributed by atoms with Gasteiger partial charge in [0.2, 0.25) is 0 Å². The number of aliphatic imine (C=N–C) groups is 1. The van der Waals surface area contributed by atoms with Crippen LogP contribution in [0.15, 0.2) is 23.3 Å². The number of likely N-dealkylation sites (N-methyl/N-ethyl adjacent to an activating group) is 1. The highest BCUT2D eigenvalue weighted by Gasteiger charge is 2.21. The van der Waals surface area contributed by atoms with Gasteiger partial charge in [-0.1, -0.05) is 6.07 Å². The Hall–Kier alpha value is -1.09. The molecule has 0 aromatic carbocycles. The van der Waals surface area contributed by atoms with Gasteiger partial charge in [-0.15, -0.1) is 24.0 Å². The van der Waals surface area contributed by atoms with Crippen LogP contribution in [0.4, 0.5) is 5.82 Å². The van der Waals surface area contributed by atoms with Crippen molar-refractivity contribution in [2.75, 3.05) is 51.2 Å². The molecule has 2 N–H and O–H groups in total. The van der Waals surface area contributed by atoms with Crippen molar-refractivity contribution in [3.8, 4) is 0 Å². The second-order valence-electron chi connectivity index (χ2n) is 6.80. The maximum atomic E-state index is 4.77. The molecule has 0 spiro atoms. The summed E-state index contributed by atoms with van der Waals surface area (Å²) in [7, 11) is 2.18. The third kappa shape index (κ3) is 6.29. The molecule has 0 radical (unpaired) electrons. The molecule has 2 aliphatic rings. The number of nitrogens with zero attached hydrogens (tertiary/aromatic N) is 4. The molecule has 0 amide bonds. The third-order valence-corrected chi connectivity index (χ3v) is 4.68. The van der Waals surface area contributed by atoms with Crippen LogP contribution >= 0.6 is 24.0 Å². The smallest absolute Gasteiger partial charge is 0.191 e. The highest BCUT2D eigenvalue weighted by molar-refractivity contribution is 14.0. The number of nitrogens with one attached hydrogen (secondary N) is 2. The zero-order chi connectivity index (χ0) is 16.8. The number of pyridine rings is 1. The Kier molecular flexibility index (Phi) is 8.21. The van der Waals surface area contributed by atoms with Gasteiger partial charge in [-0.05, 0) is 38.8 Å². The summed E-state index contributed by atoms with van der Waals surface area (Å²) >= 11 is 0. The summed E-state index contributed by atoms with van der Waals surface area (Å²) in [4.78, 5) is 14.2. The molecule has 140 valence electrons. The average molecular weight is 458 g/mol. The van der Waals surface area contributed by atoms with E-state index in [1.165, 1.54) is 18.4 Å². The molecular formula is C18H31IN6. The van der Waals surface area contributed by atoms with Gasteiger partial charge in [0.15, 0.2) is 5.96 Å². The molecular weight excluding hydrogens is 427 g/mol. The first-order valence-electron chi connectivity index (χ1n) is 9.16. The summed E-state index contributed by atoms with van der Waals surface area (Å²) in [5.74, 6) is 2.85. The Morgan fingerprint density at radius 1 is 1.24 bits per heavy atom. The van der Waals surface area contributed by atoms with Crippen molar-refractivity contribution in [1.82, 2.24) is 20.5 Å². The van der Waals surface area contributed by atoms with Crippen LogP contribution in [-0.4, -0.2) is 62.2 Å². The van der Waals surface area contributed by atoms with Gasteiger partial charge in [-0.3, -0.25) is 0 Å². The van der Waals surface area contributed by atoms with Gasteiger partial charge in [0.25, 0.3) is 0 Å². The van der Waals surface area contributed by atoms with Crippen LogP contribution in [0, 0.1) is 5.92 Å². The maximum absolute atomic E-state index is 4.77. The average Bonchev–Trinajstić information content (AvgIpc) is 3.43. The zero-order valence-corrected chi connectivity index (χ0v) is 17.7. The summed E-state index contributed by atoms with van der Waals surface area (Å²) in [6.45, 7) is 8.92. The van der Waals surface area contributed by atoms with E-state index in [9.17, 15) is 0 Å². The molecule has 0 bridgehead atoms. The number of piperazine rings is 1. The van der Waals surface area contributed by atoms with Crippen LogP contribution in [0.1, 0.15) is 25.3 Å². The molecule has 0 unspecified atom stereocenters. The molecule has 1 aliphatic carbocycles. The van der Waals surface area contributed by atoms with Crippen molar-refractivity contribution in [3.63, 3.8) is 0 Å². The van der Waals surface area contributed by atoms with E-state index >= 15 is 0 Å². The van der Waals surface area contributed by atoms with E-state index in [0.717, 1.165) is 57.0 Å². The largest absolute Gasteiger partial charge is 0.357 e. The molecule has 1 saturated carbocycles. The summed E-state index contributed by atoms with van der Waals surface area (Å²) in [6, 6.07) is 4.16. The first-order chi connectivity index (χ1) is 11.8. The maximum Gasteiger partial charge on any atom is 0.191 e. The van der Waals surface area contributed by atoms with E-state index in [2.05, 4.69) is 45.5 Å². The fourth-order valence-corrected chi connectivity index (χ4v) is 2.93. The van der Waals surface area contributed by atoms with E-state index < -0.39 is 0 Å². The van der Waals surface area contributed by atoms with E-state index in [-0.39, 0.29) is 24.0 Å². The standard InChI is InChI=1S/C18H30N6.HI/c1-3-19-18(21-13-15-6-7-15)22-14-16-5-4-8-20-17(16)24-11-9-23(2)10-12-24;/h4-5,8,15H,3,6-7,9-14H2,1-2H3,(H2,19,21,22);1H. The first kappa shape index (κ1) is 20.2. The van der Waals surface area contributed by atoms with Crippen molar-refractivity contribution < 1.29 is 0 Å². The van der Waals surface area contributed by atoms with Crippen LogP contribution in [0.25, 0.3) is 0 Å². The molecule has 2 fully saturated rings. The highest BCUT2D eigenvalue weighted by atomic mass is 127. The highest BCUT2D eigenvalue weighted by Crippen LogP contribution is 2.27. The Balaban J connectivity index is 0.00000225. The van der Waals surface area contributed by atoms with Crippen molar-refractivity contribution in [2.45, 2.75) is 26.3 Å². The second kappa shape index (κ2) is 10.2. The quantitative estimate of drug-likeness (QED) is 0.388. The van der Waals surface area contributed by atoms with Gasteiger partial charge >= 0.3 is 0 Å². The van der Waals surface area contributed by atoms with E-state index in [1.54, 1.807) is 0 Å². The van der Waals surface area contributed by atoms with Gasteiger partial charge < -0.3 is 20.4 Å². The Bertz CT molecular complexity index is 552. The minimum absolute atomic E-state index is 0. The monoisotopic (exact) mass is 458 g/mol. The topological polar surface area (TPSA) is 55.8 Å². The summed E-state index contributed by atoms with van der Waals surface area (Å²) in [5.41, 5.74) is 1.20. The molecule has 6 nitrogen and oxygen atoms in total. The van der Waals surface area contributed by atoms with Crippen LogP contribution < -0.4 is 15.5 Å². The molecule has 0 atom stereocenters. The van der Waals surface area contributed by atoms with Crippen LogP contribution in [0.5, 0.6) is 0 Å². The van der Waals surface area contributed by atoms with Gasteiger partial charge in [-0.2, -0.15) is 0 Å². The summed E-state index contributed by atoms with van der Waals surface area (Å²) in [5, 5.41) is 6.79. The van der Waals surface area contributed by atoms with Gasteiger partial charge in [0, 0.05) is 51.0 Å². The number of aromatic nitrogens is 1. The van der Waals surface area contributed by atoms with Crippen LogP contribution in [0.2, 0.25) is 0 Å². The lowest BCUT2D eigenvalue weighted by atomic mass is 10.2. The summed E-state index contributed by atoms with van der Waals surface area (Å²) in [6.07, 6.45) is 4.59. The Labute approximate surface area is 168 Å². The lowest BCUT2D eigenvalue weighted by Gasteiger charge is -2.34. The SMILES string of the molecule is CCNC(=NCc1cccnc1N1CCN(C)CC1)NCC1CC1.I. The fourth-order valence-electron chi connectivity index (χ4n) is 2.93. The molecule has 1 saturated heterocycles. The predicted molar refractivity (Wildman–Crippen MR) is 115 cm³/mol. The molecule has 3 rings (SSSR count). The molecule has 25 heavy (non-hydrogen) atoms. The van der Waals surface area contributed by atoms with Crippen molar-refractivity contribution in [2.24, 2.45) is 10.9 Å². The molecule has 2 heterocycles. The van der Waals surface area contributed by atoms with Crippen LogP contribution in [0.3, 0.4) is 0 Å². The van der Waals surface area contributed by atoms with E-state index in [1.807, 2.05) is 12.3 Å². The Morgan fingerprint density at radius 3 is 2.68 bits per heavy atom. The first-order valence-corrected chi connectivity index (χ1v) is 9.16. The molecule has 7 heteroatoms. The van der Waals surface area contributed by atoms with Crippen molar-refractivity contribution >= 4 is 35.8 Å². The zero-order valence-electron chi connectivity index (χ0n) is 15.4. The number of rotatable bonds is 6. The predicted octanol–water partition coefficient (Wildman–Crippen LogP) is 1.92. The lowest BCUT2D eigenvalue weighted by molar-refractivity contribution is 0.312. The number of guanidine groups is 1. The summed E-state index contributed by atoms with van der Waals surface area (Å²) < 4.78 is 0. The lowest BCUT2D eigenvalue weighted by Crippen LogP contribution is -2.45. The number of hydrogen-bond acceptors (Lipinski definition) is 4. The van der Waals surface area contributed by atoms with Gasteiger partial charge in [0.1, 0.15) is 5.82 Å². The van der Waals surface area contributed by atoms with E-state index in [0.29, 0.717) is 6.54 Å². The molecule has 1 aromatic rings. The number of anilines is 1. The third-order valence-electron chi connectivity index (χ3n) is 4.68. The minimum atomic E-state index is 0. The molecule has 1 aromatic heterocycles. The van der Waals surface area contributed by atoms with Gasteiger partial charge in [-0.25, -0.2) is 9.98 Å². The molecule has 1 aliphatic heterocycles. The fraction of sp³-hybridized carbons (Fsp3) is 0.667. The number of halogens is 1. The van der Waals surface area contributed by atoms with Gasteiger partial charge in [0.05, 0.1) is 6.54 Å².